The van der Waals surface area contributed by atoms with Crippen molar-refractivity contribution in [2.45, 2.75) is 303 Å². The van der Waals surface area contributed by atoms with E-state index in [2.05, 4.69) is 130 Å². The van der Waals surface area contributed by atoms with E-state index in [1.54, 1.807) is 0 Å². The van der Waals surface area contributed by atoms with Gasteiger partial charge in [0.25, 0.3) is 0 Å². The molecule has 0 aromatic rings. The number of rotatable bonds is 57. The maximum absolute atomic E-state index is 12.9. The molecule has 76 heavy (non-hydrogen) atoms. The minimum atomic E-state index is -0.799. The zero-order valence-corrected chi connectivity index (χ0v) is 49.7. The molecule has 0 aliphatic heterocycles. The third-order valence-corrected chi connectivity index (χ3v) is 13.5. The van der Waals surface area contributed by atoms with Crippen LogP contribution in [0.4, 0.5) is 0 Å². The van der Waals surface area contributed by atoms with E-state index in [4.69, 9.17) is 14.2 Å². The van der Waals surface area contributed by atoms with Crippen LogP contribution in [0.1, 0.15) is 297 Å². The van der Waals surface area contributed by atoms with Gasteiger partial charge in [-0.2, -0.15) is 0 Å². The van der Waals surface area contributed by atoms with Crippen LogP contribution >= 0.6 is 0 Å². The van der Waals surface area contributed by atoms with Crippen LogP contribution in [-0.2, 0) is 28.6 Å². The summed E-state index contributed by atoms with van der Waals surface area (Å²) in [6, 6.07) is 0. The van der Waals surface area contributed by atoms with Gasteiger partial charge in [-0.1, -0.05) is 284 Å². The lowest BCUT2D eigenvalue weighted by Crippen LogP contribution is -2.30. The number of ether oxygens (including phenoxy) is 3. The Morgan fingerprint density at radius 2 is 0.513 bits per heavy atom. The molecule has 0 spiro atoms. The van der Waals surface area contributed by atoms with Gasteiger partial charge < -0.3 is 14.2 Å². The van der Waals surface area contributed by atoms with Crippen LogP contribution < -0.4 is 0 Å². The Morgan fingerprint density at radius 3 is 0.829 bits per heavy atom. The third kappa shape index (κ3) is 60.9. The zero-order valence-electron chi connectivity index (χ0n) is 49.7. The van der Waals surface area contributed by atoms with Gasteiger partial charge >= 0.3 is 17.9 Å². The quantitative estimate of drug-likeness (QED) is 0.0261. The predicted molar refractivity (Wildman–Crippen MR) is 330 cm³/mol. The van der Waals surface area contributed by atoms with Gasteiger partial charge in [0.1, 0.15) is 13.2 Å². The molecule has 6 nitrogen and oxygen atoms in total. The Morgan fingerprint density at radius 1 is 0.276 bits per heavy atom. The monoisotopic (exact) mass is 1050 g/mol. The molecule has 0 saturated heterocycles. The lowest BCUT2D eigenvalue weighted by atomic mass is 10.0. The number of hydrogen-bond donors (Lipinski definition) is 0. The average molecular weight is 1060 g/mol. The van der Waals surface area contributed by atoms with Gasteiger partial charge in [-0.15, -0.1) is 0 Å². The summed E-state index contributed by atoms with van der Waals surface area (Å²) in [5.41, 5.74) is 0. The highest BCUT2D eigenvalue weighted by molar-refractivity contribution is 5.71. The predicted octanol–water partition coefficient (Wildman–Crippen LogP) is 21.8. The minimum absolute atomic E-state index is 0.0934. The van der Waals surface area contributed by atoms with Crippen molar-refractivity contribution >= 4 is 17.9 Å². The Bertz CT molecular complexity index is 1540. The molecule has 0 aromatic carbocycles. The first-order valence-electron chi connectivity index (χ1n) is 31.9. The van der Waals surface area contributed by atoms with Gasteiger partial charge in [0.2, 0.25) is 0 Å². The minimum Gasteiger partial charge on any atom is -0.462 e. The summed E-state index contributed by atoms with van der Waals surface area (Å²) in [4.78, 5) is 38.3. The third-order valence-electron chi connectivity index (χ3n) is 13.5. The van der Waals surface area contributed by atoms with Crippen molar-refractivity contribution < 1.29 is 28.6 Å². The lowest BCUT2D eigenvalue weighted by Gasteiger charge is -2.18. The van der Waals surface area contributed by atoms with Crippen LogP contribution in [0, 0.1) is 0 Å². The Balaban J connectivity index is 4.39. The summed E-state index contributed by atoms with van der Waals surface area (Å²) in [5.74, 6) is -0.932. The van der Waals surface area contributed by atoms with E-state index >= 15 is 0 Å². The summed E-state index contributed by atoms with van der Waals surface area (Å²) in [6.07, 6.45) is 86.7. The van der Waals surface area contributed by atoms with Crippen LogP contribution in [0.3, 0.4) is 0 Å². The van der Waals surface area contributed by atoms with Crippen LogP contribution in [0.2, 0.25) is 0 Å². The SMILES string of the molecule is CC/C=C\C/C=C\C/C=C\C/C=C\C/C=C\CCCCCCCCCCCC(=O)OCC(COC(=O)CCCC/C=C\C/C=C\C/C=C\C/C=C\CC)OC(=O)CCCCCCCCCCCCCCCCCCCC. The fraction of sp³-hybridized carbons (Fsp3) is 0.700. The number of allylic oxidation sites excluding steroid dienone is 18. The summed E-state index contributed by atoms with van der Waals surface area (Å²) < 4.78 is 16.9. The lowest BCUT2D eigenvalue weighted by molar-refractivity contribution is -0.167. The summed E-state index contributed by atoms with van der Waals surface area (Å²) >= 11 is 0. The normalized spacial score (nSPS) is 12.8. The molecule has 0 amide bonds. The van der Waals surface area contributed by atoms with Gasteiger partial charge in [-0.3, -0.25) is 14.4 Å². The first-order valence-corrected chi connectivity index (χ1v) is 31.9. The van der Waals surface area contributed by atoms with Crippen LogP contribution in [-0.4, -0.2) is 37.2 Å². The fourth-order valence-electron chi connectivity index (χ4n) is 8.81. The Hall–Kier alpha value is -3.93. The first kappa shape index (κ1) is 72.1. The largest absolute Gasteiger partial charge is 0.462 e. The maximum atomic E-state index is 12.9. The molecule has 1 atom stereocenters. The van der Waals surface area contributed by atoms with E-state index in [0.717, 1.165) is 122 Å². The van der Waals surface area contributed by atoms with Crippen molar-refractivity contribution in [3.63, 3.8) is 0 Å². The maximum Gasteiger partial charge on any atom is 0.306 e. The summed E-state index contributed by atoms with van der Waals surface area (Å²) in [5, 5.41) is 0. The van der Waals surface area contributed by atoms with Gasteiger partial charge in [0, 0.05) is 19.3 Å². The molecule has 0 aromatic heterocycles. The number of unbranched alkanes of at least 4 members (excludes halogenated alkanes) is 28. The highest BCUT2D eigenvalue weighted by Crippen LogP contribution is 2.16. The fourth-order valence-corrected chi connectivity index (χ4v) is 8.81. The highest BCUT2D eigenvalue weighted by Gasteiger charge is 2.19. The van der Waals surface area contributed by atoms with E-state index in [-0.39, 0.29) is 31.1 Å². The Kier molecular flexibility index (Phi) is 60.3. The summed E-state index contributed by atoms with van der Waals surface area (Å²) in [7, 11) is 0. The standard InChI is InChI=1S/C70H118O6/c1-4-7-10-13-16-19-22-25-28-30-32-33-34-35-36-37-38-40-42-45-48-51-54-57-60-63-69(72)75-66-67(65-74-68(71)62-59-56-53-50-47-44-41-27-24-21-18-15-12-9-6-3)76-70(73)64-61-58-55-52-49-46-43-39-31-29-26-23-20-17-14-11-8-5-2/h7,9-10,12,16,18-19,21,25,27-28,32-33,35-36,41,47,50,67H,4-6,8,11,13-15,17,20,22-24,26,29-31,34,37-40,42-46,48-49,51-66H2,1-3H3/b10-7-,12-9-,19-16-,21-18-,28-25-,33-32-,36-35-,41-27-,50-47-. The molecule has 0 bridgehead atoms. The summed E-state index contributed by atoms with van der Waals surface area (Å²) in [6.45, 7) is 6.40. The molecule has 0 aliphatic carbocycles. The highest BCUT2D eigenvalue weighted by atomic mass is 16.6. The van der Waals surface area contributed by atoms with Crippen molar-refractivity contribution in [2.24, 2.45) is 0 Å². The molecule has 0 aliphatic rings. The van der Waals surface area contributed by atoms with E-state index < -0.39 is 6.10 Å². The molecule has 6 heteroatoms. The number of hydrogen-bond acceptors (Lipinski definition) is 6. The van der Waals surface area contributed by atoms with Crippen molar-refractivity contribution in [3.8, 4) is 0 Å². The second-order valence-corrected chi connectivity index (χ2v) is 20.9. The average Bonchev–Trinajstić information content (AvgIpc) is 3.42. The second kappa shape index (κ2) is 63.6. The van der Waals surface area contributed by atoms with E-state index in [1.807, 2.05) is 0 Å². The number of esters is 3. The topological polar surface area (TPSA) is 78.9 Å². The van der Waals surface area contributed by atoms with Crippen LogP contribution in [0.15, 0.2) is 109 Å². The molecule has 434 valence electrons. The smallest absolute Gasteiger partial charge is 0.306 e. The van der Waals surface area contributed by atoms with Gasteiger partial charge in [-0.25, -0.2) is 0 Å². The second-order valence-electron chi connectivity index (χ2n) is 20.9. The molecular weight excluding hydrogens is 937 g/mol. The number of carbonyl (C=O) groups is 3. The van der Waals surface area contributed by atoms with Crippen molar-refractivity contribution in [2.75, 3.05) is 13.2 Å². The molecule has 0 saturated carbocycles. The molecular formula is C70H118O6. The van der Waals surface area contributed by atoms with Crippen molar-refractivity contribution in [1.82, 2.24) is 0 Å². The molecule has 0 radical (unpaired) electrons. The Labute approximate surface area is 470 Å². The van der Waals surface area contributed by atoms with E-state index in [9.17, 15) is 14.4 Å². The van der Waals surface area contributed by atoms with E-state index in [0.29, 0.717) is 19.3 Å². The number of carbonyl (C=O) groups excluding carboxylic acids is 3. The van der Waals surface area contributed by atoms with E-state index in [1.165, 1.54) is 135 Å². The first-order chi connectivity index (χ1) is 37.5. The van der Waals surface area contributed by atoms with Gasteiger partial charge in [0.15, 0.2) is 6.10 Å². The molecule has 0 N–H and O–H groups in total. The van der Waals surface area contributed by atoms with Crippen molar-refractivity contribution in [3.05, 3.63) is 109 Å². The van der Waals surface area contributed by atoms with Crippen LogP contribution in [0.25, 0.3) is 0 Å². The molecule has 0 rings (SSSR count). The molecule has 1 unspecified atom stereocenters. The zero-order chi connectivity index (χ0) is 55.0. The van der Waals surface area contributed by atoms with Gasteiger partial charge in [-0.05, 0) is 103 Å². The molecule has 0 fully saturated rings. The van der Waals surface area contributed by atoms with Crippen molar-refractivity contribution in [1.29, 1.82) is 0 Å². The molecule has 0 heterocycles. The van der Waals surface area contributed by atoms with Gasteiger partial charge in [0.05, 0.1) is 0 Å². The van der Waals surface area contributed by atoms with Crippen LogP contribution in [0.5, 0.6) is 0 Å².